The fourth-order valence-electron chi connectivity index (χ4n) is 2.21. The second-order valence-corrected chi connectivity index (χ2v) is 4.35. The summed E-state index contributed by atoms with van der Waals surface area (Å²) < 4.78 is 0. The average Bonchev–Trinajstić information content (AvgIpc) is 2.85. The van der Waals surface area contributed by atoms with Gasteiger partial charge in [-0.05, 0) is 26.4 Å². The molecule has 1 aromatic heterocycles. The Morgan fingerprint density at radius 2 is 2.60 bits per heavy atom. The zero-order valence-corrected chi connectivity index (χ0v) is 9.53. The predicted octanol–water partition coefficient (Wildman–Crippen LogP) is 1.15. The lowest BCUT2D eigenvalue weighted by Crippen LogP contribution is -2.35. The molecule has 1 aromatic rings. The molecule has 0 spiro atoms. The summed E-state index contributed by atoms with van der Waals surface area (Å²) in [4.78, 5) is 9.87. The summed E-state index contributed by atoms with van der Waals surface area (Å²) >= 11 is 0. The molecule has 4 nitrogen and oxygen atoms in total. The molecule has 0 bridgehead atoms. The van der Waals surface area contributed by atoms with Crippen LogP contribution >= 0.6 is 0 Å². The van der Waals surface area contributed by atoms with Gasteiger partial charge in [-0.1, -0.05) is 6.92 Å². The molecule has 1 saturated heterocycles. The summed E-state index contributed by atoms with van der Waals surface area (Å²) in [6, 6.07) is 0.988. The fraction of sp³-hybridized carbons (Fsp3) is 0.727. The van der Waals surface area contributed by atoms with Crippen LogP contribution in [0.2, 0.25) is 0 Å². The van der Waals surface area contributed by atoms with Gasteiger partial charge in [0.05, 0.1) is 6.04 Å². The van der Waals surface area contributed by atoms with Crippen molar-refractivity contribution in [1.29, 1.82) is 0 Å². The smallest absolute Gasteiger partial charge is 0.123 e. The van der Waals surface area contributed by atoms with Crippen LogP contribution in [-0.2, 0) is 0 Å². The van der Waals surface area contributed by atoms with Gasteiger partial charge >= 0.3 is 0 Å². The first-order valence-corrected chi connectivity index (χ1v) is 5.73. The molecule has 1 aliphatic heterocycles. The zero-order chi connectivity index (χ0) is 10.7. The molecule has 0 aliphatic carbocycles. The van der Waals surface area contributed by atoms with Gasteiger partial charge in [0.25, 0.3) is 0 Å². The molecule has 2 heterocycles. The minimum Gasteiger partial charge on any atom is -0.347 e. The molecule has 1 aliphatic rings. The van der Waals surface area contributed by atoms with Gasteiger partial charge in [0.1, 0.15) is 5.82 Å². The number of imidazole rings is 1. The molecule has 0 saturated carbocycles. The Balaban J connectivity index is 1.91. The molecule has 0 aromatic carbocycles. The highest BCUT2D eigenvalue weighted by Crippen LogP contribution is 2.16. The number of nitrogens with one attached hydrogen (secondary N) is 2. The number of hydrogen-bond acceptors (Lipinski definition) is 3. The summed E-state index contributed by atoms with van der Waals surface area (Å²) in [5, 5.41) is 3.66. The SMILES string of the molecule is CCC(NC1CCN(C)C1)c1ncc[nH]1. The molecular weight excluding hydrogens is 188 g/mol. The van der Waals surface area contributed by atoms with E-state index in [9.17, 15) is 0 Å². The Bertz CT molecular complexity index is 283. The van der Waals surface area contributed by atoms with Gasteiger partial charge in [-0.2, -0.15) is 0 Å². The van der Waals surface area contributed by atoms with Crippen LogP contribution in [-0.4, -0.2) is 41.0 Å². The third-order valence-corrected chi connectivity index (χ3v) is 3.09. The Labute approximate surface area is 91.1 Å². The number of H-pyrrole nitrogens is 1. The van der Waals surface area contributed by atoms with Crippen molar-refractivity contribution >= 4 is 0 Å². The van der Waals surface area contributed by atoms with E-state index in [0.29, 0.717) is 12.1 Å². The van der Waals surface area contributed by atoms with Crippen LogP contribution in [0.5, 0.6) is 0 Å². The molecule has 2 unspecified atom stereocenters. The van der Waals surface area contributed by atoms with Crippen molar-refractivity contribution in [3.05, 3.63) is 18.2 Å². The maximum atomic E-state index is 4.32. The van der Waals surface area contributed by atoms with E-state index in [1.54, 1.807) is 0 Å². The van der Waals surface area contributed by atoms with Crippen molar-refractivity contribution in [1.82, 2.24) is 20.2 Å². The van der Waals surface area contributed by atoms with Gasteiger partial charge in [0.15, 0.2) is 0 Å². The normalized spacial score (nSPS) is 24.5. The van der Waals surface area contributed by atoms with Crippen LogP contribution in [0.1, 0.15) is 31.6 Å². The zero-order valence-electron chi connectivity index (χ0n) is 9.53. The molecule has 2 N–H and O–H groups in total. The maximum absolute atomic E-state index is 4.32. The van der Waals surface area contributed by atoms with Crippen molar-refractivity contribution < 1.29 is 0 Å². The minimum atomic E-state index is 0.372. The number of nitrogens with zero attached hydrogens (tertiary/aromatic N) is 2. The van der Waals surface area contributed by atoms with E-state index in [4.69, 9.17) is 0 Å². The summed E-state index contributed by atoms with van der Waals surface area (Å²) in [5.41, 5.74) is 0. The number of likely N-dealkylation sites (tertiary alicyclic amines) is 1. The second-order valence-electron chi connectivity index (χ2n) is 4.35. The van der Waals surface area contributed by atoms with Crippen LogP contribution in [0, 0.1) is 0 Å². The van der Waals surface area contributed by atoms with Gasteiger partial charge in [-0.25, -0.2) is 4.98 Å². The molecule has 2 atom stereocenters. The van der Waals surface area contributed by atoms with Crippen LogP contribution in [0.15, 0.2) is 12.4 Å². The first-order chi connectivity index (χ1) is 7.29. The quantitative estimate of drug-likeness (QED) is 0.780. The Morgan fingerprint density at radius 1 is 1.73 bits per heavy atom. The largest absolute Gasteiger partial charge is 0.347 e. The monoisotopic (exact) mass is 208 g/mol. The first kappa shape index (κ1) is 10.6. The Kier molecular flexibility index (Phi) is 3.38. The van der Waals surface area contributed by atoms with Gasteiger partial charge in [-0.3, -0.25) is 0 Å². The minimum absolute atomic E-state index is 0.372. The summed E-state index contributed by atoms with van der Waals surface area (Å²) in [7, 11) is 2.18. The molecule has 0 radical (unpaired) electrons. The lowest BCUT2D eigenvalue weighted by molar-refractivity contribution is 0.374. The lowest BCUT2D eigenvalue weighted by atomic mass is 10.1. The van der Waals surface area contributed by atoms with Crippen LogP contribution in [0.25, 0.3) is 0 Å². The van der Waals surface area contributed by atoms with Crippen LogP contribution in [0.4, 0.5) is 0 Å². The third-order valence-electron chi connectivity index (χ3n) is 3.09. The predicted molar refractivity (Wildman–Crippen MR) is 60.7 cm³/mol. The number of likely N-dealkylation sites (N-methyl/N-ethyl adjacent to an activating group) is 1. The number of aromatic amines is 1. The van der Waals surface area contributed by atoms with Crippen molar-refractivity contribution in [2.24, 2.45) is 0 Å². The fourth-order valence-corrected chi connectivity index (χ4v) is 2.21. The van der Waals surface area contributed by atoms with Crippen molar-refractivity contribution in [3.63, 3.8) is 0 Å². The summed E-state index contributed by atoms with van der Waals surface area (Å²) in [6.07, 6.45) is 6.03. The molecule has 1 fully saturated rings. The molecular formula is C11H20N4. The van der Waals surface area contributed by atoms with Gasteiger partial charge < -0.3 is 15.2 Å². The van der Waals surface area contributed by atoms with Gasteiger partial charge in [0.2, 0.25) is 0 Å². The number of rotatable bonds is 4. The van der Waals surface area contributed by atoms with Crippen LogP contribution in [0.3, 0.4) is 0 Å². The van der Waals surface area contributed by atoms with Crippen LogP contribution < -0.4 is 5.32 Å². The molecule has 84 valence electrons. The lowest BCUT2D eigenvalue weighted by Gasteiger charge is -2.20. The highest BCUT2D eigenvalue weighted by Gasteiger charge is 2.22. The molecule has 0 amide bonds. The van der Waals surface area contributed by atoms with E-state index < -0.39 is 0 Å². The number of aromatic nitrogens is 2. The van der Waals surface area contributed by atoms with E-state index in [-0.39, 0.29) is 0 Å². The summed E-state index contributed by atoms with van der Waals surface area (Å²) in [6.45, 7) is 4.54. The standard InChI is InChI=1S/C11H20N4/c1-3-10(11-12-5-6-13-11)14-9-4-7-15(2)8-9/h5-6,9-10,14H,3-4,7-8H2,1-2H3,(H,12,13). The average molecular weight is 208 g/mol. The van der Waals surface area contributed by atoms with E-state index in [2.05, 4.69) is 34.2 Å². The molecule has 15 heavy (non-hydrogen) atoms. The topological polar surface area (TPSA) is 44.0 Å². The molecule has 4 heteroatoms. The van der Waals surface area contributed by atoms with Gasteiger partial charge in [0, 0.05) is 25.0 Å². The number of hydrogen-bond donors (Lipinski definition) is 2. The Hall–Kier alpha value is -0.870. The highest BCUT2D eigenvalue weighted by atomic mass is 15.2. The Morgan fingerprint density at radius 3 is 3.13 bits per heavy atom. The van der Waals surface area contributed by atoms with Crippen molar-refractivity contribution in [2.45, 2.75) is 31.8 Å². The molecule has 2 rings (SSSR count). The summed E-state index contributed by atoms with van der Waals surface area (Å²) in [5.74, 6) is 1.06. The second kappa shape index (κ2) is 4.77. The van der Waals surface area contributed by atoms with Crippen molar-refractivity contribution in [2.75, 3.05) is 20.1 Å². The highest BCUT2D eigenvalue weighted by molar-refractivity contribution is 4.97. The third kappa shape index (κ3) is 2.58. The van der Waals surface area contributed by atoms with E-state index in [1.807, 2.05) is 12.4 Å². The van der Waals surface area contributed by atoms with Crippen molar-refractivity contribution in [3.8, 4) is 0 Å². The van der Waals surface area contributed by atoms with Gasteiger partial charge in [-0.15, -0.1) is 0 Å². The maximum Gasteiger partial charge on any atom is 0.123 e. The van der Waals surface area contributed by atoms with E-state index in [0.717, 1.165) is 18.8 Å². The van der Waals surface area contributed by atoms with E-state index in [1.165, 1.54) is 13.0 Å². The first-order valence-electron chi connectivity index (χ1n) is 5.73. The van der Waals surface area contributed by atoms with E-state index >= 15 is 0 Å².